The van der Waals surface area contributed by atoms with Gasteiger partial charge in [0.15, 0.2) is 5.78 Å². The predicted molar refractivity (Wildman–Crippen MR) is 128 cm³/mol. The quantitative estimate of drug-likeness (QED) is 0.490. The van der Waals surface area contributed by atoms with Crippen LogP contribution in [0.15, 0.2) is 54.1 Å². The number of alkyl halides is 1. The topological polar surface area (TPSA) is 79.3 Å². The number of fused-ring (bicyclic) bond motifs is 5. The van der Waals surface area contributed by atoms with Gasteiger partial charge in [0, 0.05) is 10.8 Å². The first-order valence-electron chi connectivity index (χ1n) is 12.4. The van der Waals surface area contributed by atoms with Gasteiger partial charge in [-0.2, -0.15) is 0 Å². The zero-order chi connectivity index (χ0) is 24.1. The summed E-state index contributed by atoms with van der Waals surface area (Å²) >= 11 is 7.52. The van der Waals surface area contributed by atoms with E-state index in [0.29, 0.717) is 18.8 Å². The van der Waals surface area contributed by atoms with Crippen LogP contribution in [0.5, 0.6) is 5.75 Å². The largest absolute Gasteiger partial charge is 0.457 e. The van der Waals surface area contributed by atoms with Gasteiger partial charge in [0.25, 0.3) is 5.79 Å². The second-order valence-corrected chi connectivity index (χ2v) is 12.2. The van der Waals surface area contributed by atoms with E-state index in [0.717, 1.165) is 24.8 Å². The van der Waals surface area contributed by atoms with Crippen molar-refractivity contribution < 1.29 is 24.5 Å². The van der Waals surface area contributed by atoms with E-state index in [1.165, 1.54) is 0 Å². The molecule has 0 bridgehead atoms. The van der Waals surface area contributed by atoms with E-state index in [4.69, 9.17) is 21.1 Å². The van der Waals surface area contributed by atoms with Crippen molar-refractivity contribution in [2.45, 2.75) is 68.8 Å². The highest BCUT2D eigenvalue weighted by Crippen LogP contribution is 2.73. The molecule has 1 heterocycles. The van der Waals surface area contributed by atoms with Gasteiger partial charge in [0.2, 0.25) is 0 Å². The smallest absolute Gasteiger partial charge is 0.264 e. The molecule has 1 aliphatic heterocycles. The molecule has 6 heteroatoms. The molecule has 3 saturated carbocycles. The van der Waals surface area contributed by atoms with Crippen LogP contribution < -0.4 is 4.74 Å². The van der Waals surface area contributed by atoms with Crippen molar-refractivity contribution in [1.29, 1.82) is 0 Å². The van der Waals surface area contributed by atoms with Crippen molar-refractivity contribution in [2.24, 2.45) is 28.6 Å². The predicted octanol–water partition coefficient (Wildman–Crippen LogP) is 4.41. The molecule has 0 spiro atoms. The number of benzene rings is 1. The molecule has 5 aliphatic rings. The number of hydrogen-bond acceptors (Lipinski definition) is 5. The van der Waals surface area contributed by atoms with Crippen molar-refractivity contribution in [2.75, 3.05) is 6.61 Å². The highest BCUT2D eigenvalue weighted by Gasteiger charge is 2.81. The molecule has 0 radical (unpaired) electrons. The number of para-hydroxylation sites is 1. The lowest BCUT2D eigenvalue weighted by Gasteiger charge is -2.64. The summed E-state index contributed by atoms with van der Waals surface area (Å²) in [6, 6.07) is 9.48. The minimum atomic E-state index is -1.28. The summed E-state index contributed by atoms with van der Waals surface area (Å²) in [5.41, 5.74) is -1.53. The van der Waals surface area contributed by atoms with Crippen LogP contribution in [0.4, 0.5) is 0 Å². The second-order valence-electron chi connectivity index (χ2n) is 11.6. The minimum Gasteiger partial charge on any atom is -0.457 e. The lowest BCUT2D eigenvalue weighted by Crippen LogP contribution is -2.70. The Morgan fingerprint density at radius 2 is 1.88 bits per heavy atom. The third kappa shape index (κ3) is 2.54. The molecule has 3 unspecified atom stereocenters. The zero-order valence-electron chi connectivity index (χ0n) is 20.0. The molecule has 34 heavy (non-hydrogen) atoms. The van der Waals surface area contributed by atoms with Gasteiger partial charge in [-0.1, -0.05) is 50.6 Å². The molecule has 1 aromatic carbocycles. The zero-order valence-corrected chi connectivity index (χ0v) is 20.7. The number of hydrogen-bond donors (Lipinski definition) is 2. The Kier molecular flexibility index (Phi) is 4.67. The van der Waals surface area contributed by atoms with Gasteiger partial charge in [0.05, 0.1) is 11.0 Å². The van der Waals surface area contributed by atoms with Crippen LogP contribution in [-0.2, 0) is 9.53 Å². The van der Waals surface area contributed by atoms with Crippen molar-refractivity contribution in [3.8, 4) is 5.75 Å². The summed E-state index contributed by atoms with van der Waals surface area (Å²) in [5.74, 6) is -0.536. The molecule has 0 amide bonds. The van der Waals surface area contributed by atoms with Crippen LogP contribution in [-0.4, -0.2) is 45.0 Å². The van der Waals surface area contributed by atoms with Gasteiger partial charge < -0.3 is 19.7 Å². The van der Waals surface area contributed by atoms with Crippen LogP contribution in [0.1, 0.15) is 46.5 Å². The van der Waals surface area contributed by atoms with Gasteiger partial charge in [0.1, 0.15) is 18.0 Å². The van der Waals surface area contributed by atoms with Crippen molar-refractivity contribution in [3.05, 3.63) is 54.1 Å². The highest BCUT2D eigenvalue weighted by molar-refractivity contribution is 6.26. The van der Waals surface area contributed by atoms with Gasteiger partial charge >= 0.3 is 0 Å². The van der Waals surface area contributed by atoms with Gasteiger partial charge in [-0.05, 0) is 67.7 Å². The maximum Gasteiger partial charge on any atom is 0.264 e. The first kappa shape index (κ1) is 22.8. The molecule has 9 atom stereocenters. The fourth-order valence-corrected chi connectivity index (χ4v) is 8.98. The van der Waals surface area contributed by atoms with Crippen molar-refractivity contribution in [3.63, 3.8) is 0 Å². The van der Waals surface area contributed by atoms with E-state index in [-0.39, 0.29) is 23.5 Å². The number of carbonyl (C=O) groups is 1. The molecule has 1 aromatic rings. The standard InChI is InChI=1S/C28H33ClO5/c1-17-13-22-21-10-9-18-14-19(30)11-12-24(18,2)27(21,29)23(31)15-25(22,3)28(17,32)26(16-33-26)34-20-7-5-4-6-8-20/h4-8,11-12,14,17,21-23,31-32H,9-10,13,15-16H2,1-3H3/t17?,21-,22-,23?,24-,25-,26?,27-,28+/m0/s1. The second kappa shape index (κ2) is 6.97. The number of carbonyl (C=O) groups excluding carboxylic acids is 1. The molecule has 6 rings (SSSR count). The van der Waals surface area contributed by atoms with Crippen LogP contribution in [0, 0.1) is 28.6 Å². The molecule has 2 N–H and O–H groups in total. The first-order chi connectivity index (χ1) is 16.0. The Hall–Kier alpha value is -1.66. The first-order valence-corrected chi connectivity index (χ1v) is 12.8. The number of aliphatic hydroxyl groups excluding tert-OH is 1. The molecule has 4 fully saturated rings. The van der Waals surface area contributed by atoms with Crippen LogP contribution in [0.2, 0.25) is 0 Å². The molecule has 5 nitrogen and oxygen atoms in total. The number of ether oxygens (including phenoxy) is 2. The summed E-state index contributed by atoms with van der Waals surface area (Å²) in [6.45, 7) is 6.53. The fourth-order valence-electron chi connectivity index (χ4n) is 8.46. The van der Waals surface area contributed by atoms with Crippen LogP contribution in [0.3, 0.4) is 0 Å². The summed E-state index contributed by atoms with van der Waals surface area (Å²) in [6.07, 6.45) is 6.99. The number of ketones is 1. The lowest BCUT2D eigenvalue weighted by atomic mass is 9.45. The summed E-state index contributed by atoms with van der Waals surface area (Å²) in [4.78, 5) is 11.2. The monoisotopic (exact) mass is 484 g/mol. The molecule has 4 aliphatic carbocycles. The summed E-state index contributed by atoms with van der Waals surface area (Å²) in [7, 11) is 0. The Morgan fingerprint density at radius 1 is 1.18 bits per heavy atom. The molecular formula is C28H33ClO5. The van der Waals surface area contributed by atoms with Gasteiger partial charge in [-0.15, -0.1) is 11.6 Å². The van der Waals surface area contributed by atoms with Crippen molar-refractivity contribution >= 4 is 17.4 Å². The van der Waals surface area contributed by atoms with E-state index in [9.17, 15) is 15.0 Å². The van der Waals surface area contributed by atoms with Crippen LogP contribution >= 0.6 is 11.6 Å². The number of aliphatic hydroxyl groups is 2. The average molecular weight is 485 g/mol. The lowest BCUT2D eigenvalue weighted by molar-refractivity contribution is -0.231. The summed E-state index contributed by atoms with van der Waals surface area (Å²) < 4.78 is 12.3. The molecule has 0 aromatic heterocycles. The number of halogens is 1. The van der Waals surface area contributed by atoms with Crippen molar-refractivity contribution in [1.82, 2.24) is 0 Å². The van der Waals surface area contributed by atoms with E-state index < -0.39 is 33.2 Å². The maximum atomic E-state index is 12.5. The van der Waals surface area contributed by atoms with Gasteiger partial charge in [-0.3, -0.25) is 4.79 Å². The normalized spacial score (nSPS) is 51.2. The summed E-state index contributed by atoms with van der Waals surface area (Å²) in [5, 5.41) is 24.3. The average Bonchev–Trinajstić information content (AvgIpc) is 3.55. The van der Waals surface area contributed by atoms with E-state index >= 15 is 0 Å². The maximum absolute atomic E-state index is 12.5. The Balaban J connectivity index is 1.41. The van der Waals surface area contributed by atoms with E-state index in [2.05, 4.69) is 20.8 Å². The Bertz CT molecular complexity index is 1100. The Morgan fingerprint density at radius 3 is 2.56 bits per heavy atom. The third-order valence-corrected chi connectivity index (χ3v) is 11.2. The van der Waals surface area contributed by atoms with E-state index in [1.54, 1.807) is 12.2 Å². The highest BCUT2D eigenvalue weighted by atomic mass is 35.5. The third-order valence-electron chi connectivity index (χ3n) is 10.2. The molecule has 1 saturated heterocycles. The number of allylic oxidation sites excluding steroid dienone is 4. The SMILES string of the molecule is CC1C[C@H]2[C@@H]3CCC4=CC(=O)C=C[C@]4(C)[C@@]3(Cl)C(O)C[C@]2(C)[C@@]1(O)C1(Oc2ccccc2)CO1. The Labute approximate surface area is 205 Å². The number of rotatable bonds is 3. The minimum absolute atomic E-state index is 0.0175. The van der Waals surface area contributed by atoms with Crippen LogP contribution in [0.25, 0.3) is 0 Å². The molecule has 182 valence electrons. The van der Waals surface area contributed by atoms with Gasteiger partial charge in [-0.25, -0.2) is 0 Å². The molecular weight excluding hydrogens is 452 g/mol. The van der Waals surface area contributed by atoms with E-state index in [1.807, 2.05) is 36.4 Å². The number of epoxide rings is 1. The fraction of sp³-hybridized carbons (Fsp3) is 0.607.